The van der Waals surface area contributed by atoms with Crippen LogP contribution < -0.4 is 0 Å². The molecule has 0 amide bonds. The number of fused-ring (bicyclic) bond motifs is 4. The lowest BCUT2D eigenvalue weighted by Crippen LogP contribution is -2.22. The number of para-hydroxylation sites is 1. The third-order valence-electron chi connectivity index (χ3n) is 3.33. The molecule has 5 nitrogen and oxygen atoms in total. The number of nitrogens with zero attached hydrogens (tertiary/aromatic N) is 2. The molecule has 90 valence electrons. The molecule has 0 aliphatic heterocycles. The van der Waals surface area contributed by atoms with Crippen LogP contribution in [-0.4, -0.2) is 26.5 Å². The Morgan fingerprint density at radius 2 is 1.89 bits per heavy atom. The molecule has 0 spiro atoms. The molecule has 1 aromatic carbocycles. The van der Waals surface area contributed by atoms with E-state index in [0.717, 1.165) is 10.9 Å². The van der Waals surface area contributed by atoms with E-state index < -0.39 is 0 Å². The molecule has 2 heterocycles. The molecule has 1 aliphatic carbocycles. The molecule has 0 saturated carbocycles. The molecule has 0 bridgehead atoms. The molecule has 0 radical (unpaired) electrons. The van der Waals surface area contributed by atoms with Crippen LogP contribution >= 0.6 is 0 Å². The Kier molecular flexibility index (Phi) is 1.79. The van der Waals surface area contributed by atoms with Crippen molar-refractivity contribution in [3.05, 3.63) is 59.3 Å². The predicted molar refractivity (Wildman–Crippen MR) is 67.2 cm³/mol. The first-order valence-electron chi connectivity index (χ1n) is 5.77. The maximum atomic E-state index is 12.5. The topological polar surface area (TPSA) is 75.7 Å². The van der Waals surface area contributed by atoms with Gasteiger partial charge in [-0.05, 0) is 6.07 Å². The highest BCUT2D eigenvalue weighted by molar-refractivity contribution is 6.31. The van der Waals surface area contributed by atoms with Gasteiger partial charge in [0.2, 0.25) is 5.78 Å². The highest BCUT2D eigenvalue weighted by Gasteiger charge is 2.34. The van der Waals surface area contributed by atoms with Crippen molar-refractivity contribution < 1.29 is 9.59 Å². The Morgan fingerprint density at radius 3 is 2.79 bits per heavy atom. The van der Waals surface area contributed by atoms with Gasteiger partial charge in [-0.3, -0.25) is 9.59 Å². The second-order valence-electron chi connectivity index (χ2n) is 4.36. The van der Waals surface area contributed by atoms with Crippen LogP contribution in [0.4, 0.5) is 0 Å². The van der Waals surface area contributed by atoms with Gasteiger partial charge in [-0.15, -0.1) is 0 Å². The van der Waals surface area contributed by atoms with Gasteiger partial charge < -0.3 is 4.98 Å². The van der Waals surface area contributed by atoms with Crippen LogP contribution in [0.5, 0.6) is 0 Å². The number of benzene rings is 1. The highest BCUT2D eigenvalue weighted by Crippen LogP contribution is 2.31. The third-order valence-corrected chi connectivity index (χ3v) is 3.33. The predicted octanol–water partition coefficient (Wildman–Crippen LogP) is 1.73. The van der Waals surface area contributed by atoms with Crippen molar-refractivity contribution in [3.8, 4) is 0 Å². The summed E-state index contributed by atoms with van der Waals surface area (Å²) < 4.78 is 0. The molecule has 0 unspecified atom stereocenters. The Bertz CT molecular complexity index is 864. The fourth-order valence-corrected chi connectivity index (χ4v) is 2.48. The van der Waals surface area contributed by atoms with Crippen molar-refractivity contribution >= 4 is 22.5 Å². The summed E-state index contributed by atoms with van der Waals surface area (Å²) in [6.45, 7) is 0. The number of aromatic nitrogens is 3. The zero-order valence-corrected chi connectivity index (χ0v) is 9.68. The van der Waals surface area contributed by atoms with Crippen LogP contribution in [-0.2, 0) is 0 Å². The molecule has 2 aromatic heterocycles. The number of aromatic amines is 1. The summed E-state index contributed by atoms with van der Waals surface area (Å²) in [5.74, 6) is -0.467. The Balaban J connectivity index is 2.14. The van der Waals surface area contributed by atoms with Gasteiger partial charge in [0.15, 0.2) is 5.78 Å². The Morgan fingerprint density at radius 1 is 1.05 bits per heavy atom. The van der Waals surface area contributed by atoms with Crippen molar-refractivity contribution in [2.45, 2.75) is 0 Å². The van der Waals surface area contributed by atoms with E-state index in [-0.39, 0.29) is 22.8 Å². The number of ketones is 2. The number of H-pyrrole nitrogens is 1. The maximum Gasteiger partial charge on any atom is 0.229 e. The first-order chi connectivity index (χ1) is 9.27. The average molecular weight is 249 g/mol. The molecule has 0 atom stereocenters. The summed E-state index contributed by atoms with van der Waals surface area (Å²) in [7, 11) is 0. The van der Waals surface area contributed by atoms with Gasteiger partial charge in [-0.2, -0.15) is 0 Å². The average Bonchev–Trinajstić information content (AvgIpc) is 2.84. The van der Waals surface area contributed by atoms with Gasteiger partial charge in [0, 0.05) is 17.1 Å². The van der Waals surface area contributed by atoms with Crippen LogP contribution in [0.25, 0.3) is 10.9 Å². The zero-order chi connectivity index (χ0) is 13.0. The first kappa shape index (κ1) is 10.1. The molecule has 3 aromatic rings. The smallest absolute Gasteiger partial charge is 0.229 e. The van der Waals surface area contributed by atoms with E-state index in [2.05, 4.69) is 15.0 Å². The molecule has 1 N–H and O–H groups in total. The van der Waals surface area contributed by atoms with E-state index >= 15 is 0 Å². The highest BCUT2D eigenvalue weighted by atomic mass is 16.1. The summed E-state index contributed by atoms with van der Waals surface area (Å²) in [4.78, 5) is 35.6. The third kappa shape index (κ3) is 1.18. The normalized spacial score (nSPS) is 13.5. The van der Waals surface area contributed by atoms with Gasteiger partial charge in [0.25, 0.3) is 0 Å². The molecule has 0 saturated heterocycles. The van der Waals surface area contributed by atoms with Crippen LogP contribution in [0.1, 0.15) is 32.1 Å². The lowest BCUT2D eigenvalue weighted by molar-refractivity contribution is 0.0973. The fourth-order valence-electron chi connectivity index (χ4n) is 2.48. The van der Waals surface area contributed by atoms with Gasteiger partial charge >= 0.3 is 0 Å². The fraction of sp³-hybridized carbons (Fsp3) is 0. The van der Waals surface area contributed by atoms with Crippen molar-refractivity contribution in [1.29, 1.82) is 0 Å². The SMILES string of the molecule is O=C1c2ncncc2C(=O)c2c1[nH]c1ccccc21. The lowest BCUT2D eigenvalue weighted by Gasteiger charge is -2.12. The Hall–Kier alpha value is -2.82. The molecular formula is C14H7N3O2. The summed E-state index contributed by atoms with van der Waals surface area (Å²) in [6, 6.07) is 7.35. The minimum absolute atomic E-state index is 0.166. The standard InChI is InChI=1S/C14H7N3O2/c18-13-8-5-15-6-16-11(8)14(19)12-10(13)7-3-1-2-4-9(7)17-12/h1-6,17H. The quantitative estimate of drug-likeness (QED) is 0.515. The molecule has 1 aliphatic rings. The molecule has 0 fully saturated rings. The van der Waals surface area contributed by atoms with Crippen molar-refractivity contribution in [2.24, 2.45) is 0 Å². The second-order valence-corrected chi connectivity index (χ2v) is 4.36. The number of nitrogens with one attached hydrogen (secondary N) is 1. The number of hydrogen-bond acceptors (Lipinski definition) is 4. The minimum atomic E-state index is -0.261. The second kappa shape index (κ2) is 3.35. The molecule has 4 rings (SSSR count). The number of hydrogen-bond donors (Lipinski definition) is 1. The van der Waals surface area contributed by atoms with Crippen LogP contribution in [0.3, 0.4) is 0 Å². The van der Waals surface area contributed by atoms with Crippen LogP contribution in [0.2, 0.25) is 0 Å². The largest absolute Gasteiger partial charge is 0.351 e. The summed E-state index contributed by atoms with van der Waals surface area (Å²) >= 11 is 0. The Labute approximate surface area is 107 Å². The van der Waals surface area contributed by atoms with E-state index in [4.69, 9.17) is 0 Å². The van der Waals surface area contributed by atoms with Crippen LogP contribution in [0, 0.1) is 0 Å². The summed E-state index contributed by atoms with van der Waals surface area (Å²) in [5.41, 5.74) is 1.94. The summed E-state index contributed by atoms with van der Waals surface area (Å²) in [6.07, 6.45) is 2.67. The van der Waals surface area contributed by atoms with E-state index in [9.17, 15) is 9.59 Å². The van der Waals surface area contributed by atoms with E-state index in [1.54, 1.807) is 0 Å². The zero-order valence-electron chi connectivity index (χ0n) is 9.68. The maximum absolute atomic E-state index is 12.5. The number of carbonyl (C=O) groups excluding carboxylic acids is 2. The van der Waals surface area contributed by atoms with Crippen molar-refractivity contribution in [1.82, 2.24) is 15.0 Å². The van der Waals surface area contributed by atoms with Gasteiger partial charge in [0.1, 0.15) is 17.7 Å². The lowest BCUT2D eigenvalue weighted by atomic mass is 9.91. The molecule has 5 heteroatoms. The monoisotopic (exact) mass is 249 g/mol. The van der Waals surface area contributed by atoms with Gasteiger partial charge in [-0.25, -0.2) is 9.97 Å². The van der Waals surface area contributed by atoms with Crippen LogP contribution in [0.15, 0.2) is 36.8 Å². The number of rotatable bonds is 0. The molecule has 19 heavy (non-hydrogen) atoms. The van der Waals surface area contributed by atoms with Crippen molar-refractivity contribution in [3.63, 3.8) is 0 Å². The number of carbonyl (C=O) groups is 2. The first-order valence-corrected chi connectivity index (χ1v) is 5.77. The van der Waals surface area contributed by atoms with E-state index in [1.165, 1.54) is 12.5 Å². The van der Waals surface area contributed by atoms with Gasteiger partial charge in [-0.1, -0.05) is 18.2 Å². The summed E-state index contributed by atoms with van der Waals surface area (Å²) in [5, 5.41) is 0.755. The molecular weight excluding hydrogens is 242 g/mol. The van der Waals surface area contributed by atoms with Gasteiger partial charge in [0.05, 0.1) is 11.1 Å². The minimum Gasteiger partial charge on any atom is -0.351 e. The van der Waals surface area contributed by atoms with E-state index in [0.29, 0.717) is 11.3 Å². The van der Waals surface area contributed by atoms with E-state index in [1.807, 2.05) is 24.3 Å². The van der Waals surface area contributed by atoms with Crippen molar-refractivity contribution in [2.75, 3.05) is 0 Å².